The Hall–Kier alpha value is -0.460. The van der Waals surface area contributed by atoms with E-state index in [-0.39, 0.29) is 5.82 Å². The van der Waals surface area contributed by atoms with Crippen molar-refractivity contribution in [1.29, 1.82) is 0 Å². The van der Waals surface area contributed by atoms with E-state index in [1.807, 2.05) is 0 Å². The molecule has 0 aromatic heterocycles. The van der Waals surface area contributed by atoms with Crippen LogP contribution in [0.25, 0.3) is 0 Å². The molecule has 68 valence electrons. The number of hydrogen-bond donors (Lipinski definition) is 1. The van der Waals surface area contributed by atoms with Crippen molar-refractivity contribution >= 4 is 28.6 Å². The Morgan fingerprint density at radius 2 is 2.23 bits per heavy atom. The molecule has 0 saturated carbocycles. The summed E-state index contributed by atoms with van der Waals surface area (Å²) in [5.74, 6) is 6.00. The second-order valence-corrected chi connectivity index (χ2v) is 3.76. The maximum absolute atomic E-state index is 13.1. The molecule has 0 aliphatic rings. The quantitative estimate of drug-likeness (QED) is 0.580. The minimum Gasteiger partial charge on any atom is -0.206 e. The predicted molar refractivity (Wildman–Crippen MR) is 59.4 cm³/mol. The van der Waals surface area contributed by atoms with Crippen LogP contribution in [-0.4, -0.2) is 5.75 Å². The van der Waals surface area contributed by atoms with E-state index in [9.17, 15) is 4.39 Å². The van der Waals surface area contributed by atoms with E-state index in [0.717, 1.165) is 4.47 Å². The van der Waals surface area contributed by atoms with Crippen molar-refractivity contribution in [3.8, 4) is 11.8 Å². The average Bonchev–Trinajstić information content (AvgIpc) is 2.11. The minimum atomic E-state index is -0.283. The molecule has 0 unspecified atom stereocenters. The topological polar surface area (TPSA) is 0 Å². The van der Waals surface area contributed by atoms with Crippen molar-refractivity contribution in [2.24, 2.45) is 0 Å². The number of benzene rings is 1. The lowest BCUT2D eigenvalue weighted by atomic mass is 10.2. The van der Waals surface area contributed by atoms with Gasteiger partial charge in [0.05, 0.1) is 5.56 Å². The molecular formula is C10H8BrFS. The van der Waals surface area contributed by atoms with E-state index >= 15 is 0 Å². The van der Waals surface area contributed by atoms with Crippen molar-refractivity contribution in [2.45, 2.75) is 6.42 Å². The molecule has 13 heavy (non-hydrogen) atoms. The first-order valence-electron chi connectivity index (χ1n) is 3.79. The smallest absolute Gasteiger partial charge is 0.138 e. The van der Waals surface area contributed by atoms with E-state index in [1.165, 1.54) is 6.07 Å². The van der Waals surface area contributed by atoms with Gasteiger partial charge in [0.25, 0.3) is 0 Å². The highest BCUT2D eigenvalue weighted by atomic mass is 79.9. The molecule has 0 fully saturated rings. The Bertz CT molecular complexity index is 352. The predicted octanol–water partition coefficient (Wildman–Crippen LogP) is 3.26. The Balaban J connectivity index is 2.89. The van der Waals surface area contributed by atoms with Crippen LogP contribution in [0.15, 0.2) is 22.7 Å². The van der Waals surface area contributed by atoms with Crippen LogP contribution in [-0.2, 0) is 0 Å². The standard InChI is InChI=1S/C10H8BrFS/c11-9-4-5-10(12)8(7-9)3-1-2-6-13/h4-5,7,13H,2,6H2. The van der Waals surface area contributed by atoms with E-state index in [2.05, 4.69) is 40.4 Å². The van der Waals surface area contributed by atoms with Crippen LogP contribution in [0.3, 0.4) is 0 Å². The summed E-state index contributed by atoms with van der Waals surface area (Å²) in [6.07, 6.45) is 0.676. The fraction of sp³-hybridized carbons (Fsp3) is 0.200. The summed E-state index contributed by atoms with van der Waals surface area (Å²) >= 11 is 7.26. The molecule has 0 spiro atoms. The van der Waals surface area contributed by atoms with E-state index in [0.29, 0.717) is 17.7 Å². The molecule has 0 N–H and O–H groups in total. The minimum absolute atomic E-state index is 0.283. The normalized spacial score (nSPS) is 9.15. The van der Waals surface area contributed by atoms with Gasteiger partial charge in [0.1, 0.15) is 5.82 Å². The summed E-state index contributed by atoms with van der Waals surface area (Å²) < 4.78 is 13.9. The van der Waals surface area contributed by atoms with Gasteiger partial charge >= 0.3 is 0 Å². The lowest BCUT2D eigenvalue weighted by Gasteiger charge is -1.94. The number of thiol groups is 1. The third kappa shape index (κ3) is 3.41. The van der Waals surface area contributed by atoms with Gasteiger partial charge in [-0.2, -0.15) is 12.6 Å². The second-order valence-electron chi connectivity index (χ2n) is 2.40. The maximum atomic E-state index is 13.1. The molecule has 0 amide bonds. The summed E-state index contributed by atoms with van der Waals surface area (Å²) in [5, 5.41) is 0. The Morgan fingerprint density at radius 1 is 1.46 bits per heavy atom. The Morgan fingerprint density at radius 3 is 2.92 bits per heavy atom. The fourth-order valence-corrected chi connectivity index (χ4v) is 1.28. The van der Waals surface area contributed by atoms with Crippen LogP contribution < -0.4 is 0 Å². The largest absolute Gasteiger partial charge is 0.206 e. The van der Waals surface area contributed by atoms with Crippen LogP contribution in [0.5, 0.6) is 0 Å². The van der Waals surface area contributed by atoms with Crippen molar-refractivity contribution in [3.05, 3.63) is 34.1 Å². The molecule has 3 heteroatoms. The molecule has 0 atom stereocenters. The summed E-state index contributed by atoms with van der Waals surface area (Å²) in [4.78, 5) is 0. The number of rotatable bonds is 1. The zero-order chi connectivity index (χ0) is 9.68. The zero-order valence-electron chi connectivity index (χ0n) is 6.85. The van der Waals surface area contributed by atoms with Gasteiger partial charge in [0.15, 0.2) is 0 Å². The molecule has 1 aromatic rings. The maximum Gasteiger partial charge on any atom is 0.138 e. The first-order valence-corrected chi connectivity index (χ1v) is 5.21. The van der Waals surface area contributed by atoms with E-state index < -0.39 is 0 Å². The molecule has 0 aliphatic heterocycles. The van der Waals surface area contributed by atoms with Crippen molar-refractivity contribution < 1.29 is 4.39 Å². The molecule has 0 bridgehead atoms. The Kier molecular flexibility index (Phi) is 4.34. The van der Waals surface area contributed by atoms with Gasteiger partial charge < -0.3 is 0 Å². The van der Waals surface area contributed by atoms with Crippen molar-refractivity contribution in [2.75, 3.05) is 5.75 Å². The van der Waals surface area contributed by atoms with Gasteiger partial charge in [-0.15, -0.1) is 0 Å². The van der Waals surface area contributed by atoms with Crippen LogP contribution in [0, 0.1) is 17.7 Å². The lowest BCUT2D eigenvalue weighted by molar-refractivity contribution is 0.624. The van der Waals surface area contributed by atoms with Crippen molar-refractivity contribution in [1.82, 2.24) is 0 Å². The molecule has 1 aromatic carbocycles. The third-order valence-corrected chi connectivity index (χ3v) is 2.11. The summed E-state index contributed by atoms with van der Waals surface area (Å²) in [6.45, 7) is 0. The highest BCUT2D eigenvalue weighted by Gasteiger charge is 1.97. The van der Waals surface area contributed by atoms with Gasteiger partial charge in [0, 0.05) is 16.6 Å². The average molecular weight is 259 g/mol. The Labute approximate surface area is 91.1 Å². The lowest BCUT2D eigenvalue weighted by Crippen LogP contribution is -1.82. The molecular weight excluding hydrogens is 251 g/mol. The monoisotopic (exact) mass is 258 g/mol. The van der Waals surface area contributed by atoms with Gasteiger partial charge in [-0.3, -0.25) is 0 Å². The van der Waals surface area contributed by atoms with Crippen LogP contribution in [0.2, 0.25) is 0 Å². The first-order chi connectivity index (χ1) is 6.24. The van der Waals surface area contributed by atoms with E-state index in [4.69, 9.17) is 0 Å². The van der Waals surface area contributed by atoms with Gasteiger partial charge in [-0.05, 0) is 18.2 Å². The molecule has 0 saturated heterocycles. The molecule has 1 rings (SSSR count). The highest BCUT2D eigenvalue weighted by Crippen LogP contribution is 2.14. The molecule has 0 aliphatic carbocycles. The highest BCUT2D eigenvalue weighted by molar-refractivity contribution is 9.10. The van der Waals surface area contributed by atoms with E-state index in [1.54, 1.807) is 12.1 Å². The van der Waals surface area contributed by atoms with Crippen LogP contribution >= 0.6 is 28.6 Å². The summed E-state index contributed by atoms with van der Waals surface area (Å²) in [6, 6.07) is 4.72. The zero-order valence-corrected chi connectivity index (χ0v) is 9.33. The summed E-state index contributed by atoms with van der Waals surface area (Å²) in [7, 11) is 0. The third-order valence-electron chi connectivity index (χ3n) is 1.39. The van der Waals surface area contributed by atoms with Gasteiger partial charge in [-0.25, -0.2) is 4.39 Å². The van der Waals surface area contributed by atoms with Gasteiger partial charge in [-0.1, -0.05) is 27.8 Å². The number of hydrogen-bond acceptors (Lipinski definition) is 1. The fourth-order valence-electron chi connectivity index (χ4n) is 0.807. The molecule has 0 heterocycles. The number of halogens is 2. The van der Waals surface area contributed by atoms with Crippen LogP contribution in [0.1, 0.15) is 12.0 Å². The molecule has 0 nitrogen and oxygen atoms in total. The summed E-state index contributed by atoms with van der Waals surface area (Å²) in [5.41, 5.74) is 0.427. The SMILES string of the molecule is Fc1ccc(Br)cc1C#CCCS. The van der Waals surface area contributed by atoms with Crippen molar-refractivity contribution in [3.63, 3.8) is 0 Å². The molecule has 0 radical (unpaired) electrons. The first kappa shape index (κ1) is 10.6. The van der Waals surface area contributed by atoms with Crippen LogP contribution in [0.4, 0.5) is 4.39 Å². The van der Waals surface area contributed by atoms with Gasteiger partial charge in [0.2, 0.25) is 0 Å². The second kappa shape index (κ2) is 5.31.